The fraction of sp³-hybridized carbons (Fsp3) is 0.885. The minimum absolute atomic E-state index is 0.0404. The normalized spacial score (nSPS) is 31.3. The standard InChI is InChI=1S/C26H50O6Si2/c1-19-21(18-29-33(9,10)24(2,3)4)30-20-14-16-26(28-8,15-13-17-27)31-23(20)22(19)32-34(11,12)25(5,6)7/h17,20-23H,1,13-16,18H2,2-12H3/t20-,21-,22-,23-,26-/m1/s1. The van der Waals surface area contributed by atoms with Crippen LogP contribution >= 0.6 is 0 Å². The molecule has 0 aliphatic carbocycles. The molecule has 0 aromatic carbocycles. The van der Waals surface area contributed by atoms with Gasteiger partial charge in [0.1, 0.15) is 18.5 Å². The number of carbonyl (C=O) groups excluding carboxylic acids is 1. The van der Waals surface area contributed by atoms with Crippen molar-refractivity contribution >= 4 is 22.9 Å². The molecule has 0 radical (unpaired) electrons. The van der Waals surface area contributed by atoms with Crippen LogP contribution in [0.4, 0.5) is 0 Å². The van der Waals surface area contributed by atoms with Crippen LogP contribution in [0.1, 0.15) is 67.2 Å². The second kappa shape index (κ2) is 10.6. The molecule has 2 rings (SSSR count). The van der Waals surface area contributed by atoms with E-state index in [1.807, 2.05) is 0 Å². The van der Waals surface area contributed by atoms with Crippen LogP contribution in [0, 0.1) is 0 Å². The summed E-state index contributed by atoms with van der Waals surface area (Å²) in [5.41, 5.74) is 0.882. The highest BCUT2D eigenvalue weighted by atomic mass is 28.4. The van der Waals surface area contributed by atoms with Crippen LogP contribution in [0.15, 0.2) is 12.2 Å². The van der Waals surface area contributed by atoms with Gasteiger partial charge in [-0.05, 0) is 48.3 Å². The number of hydrogen-bond donors (Lipinski definition) is 0. The lowest BCUT2D eigenvalue weighted by atomic mass is 9.86. The van der Waals surface area contributed by atoms with Gasteiger partial charge in [-0.15, -0.1) is 0 Å². The highest BCUT2D eigenvalue weighted by Crippen LogP contribution is 2.45. The zero-order valence-corrected chi connectivity index (χ0v) is 25.6. The predicted octanol–water partition coefficient (Wildman–Crippen LogP) is 6.22. The molecule has 2 aliphatic heterocycles. The van der Waals surface area contributed by atoms with Gasteiger partial charge in [-0.25, -0.2) is 0 Å². The molecule has 2 saturated heterocycles. The van der Waals surface area contributed by atoms with Crippen LogP contribution in [0.3, 0.4) is 0 Å². The van der Waals surface area contributed by atoms with Gasteiger partial charge in [0, 0.05) is 26.4 Å². The van der Waals surface area contributed by atoms with Gasteiger partial charge in [-0.3, -0.25) is 0 Å². The summed E-state index contributed by atoms with van der Waals surface area (Å²) >= 11 is 0. The maximum Gasteiger partial charge on any atom is 0.193 e. The Bertz CT molecular complexity index is 724. The van der Waals surface area contributed by atoms with Crippen LogP contribution in [0.5, 0.6) is 0 Å². The summed E-state index contributed by atoms with van der Waals surface area (Å²) in [6.07, 6.45) is 2.28. The largest absolute Gasteiger partial charge is 0.414 e. The van der Waals surface area contributed by atoms with Crippen molar-refractivity contribution in [2.24, 2.45) is 0 Å². The monoisotopic (exact) mass is 514 g/mol. The van der Waals surface area contributed by atoms with E-state index < -0.39 is 22.4 Å². The number of carbonyl (C=O) groups is 1. The molecule has 2 fully saturated rings. The molecular formula is C26H50O6Si2. The molecule has 0 unspecified atom stereocenters. The second-order valence-corrected chi connectivity index (χ2v) is 22.6. The Kier molecular flexibility index (Phi) is 9.28. The average molecular weight is 515 g/mol. The third-order valence-electron chi connectivity index (χ3n) is 8.59. The van der Waals surface area contributed by atoms with E-state index in [4.69, 9.17) is 23.1 Å². The summed E-state index contributed by atoms with van der Waals surface area (Å²) in [5, 5.41) is 0.159. The molecule has 0 aromatic heterocycles. The summed E-state index contributed by atoms with van der Waals surface area (Å²) in [4.78, 5) is 11.1. The molecule has 8 heteroatoms. The number of rotatable bonds is 9. The molecule has 5 atom stereocenters. The van der Waals surface area contributed by atoms with Crippen molar-refractivity contribution in [3.05, 3.63) is 12.2 Å². The van der Waals surface area contributed by atoms with Crippen molar-refractivity contribution in [2.75, 3.05) is 13.7 Å². The van der Waals surface area contributed by atoms with E-state index in [2.05, 4.69) is 74.3 Å². The zero-order valence-electron chi connectivity index (χ0n) is 23.6. The third-order valence-corrected chi connectivity index (χ3v) is 17.5. The predicted molar refractivity (Wildman–Crippen MR) is 142 cm³/mol. The fourth-order valence-corrected chi connectivity index (χ4v) is 6.28. The summed E-state index contributed by atoms with van der Waals surface area (Å²) in [6, 6.07) is 0. The number of fused-ring (bicyclic) bond motifs is 1. The number of hydrogen-bond acceptors (Lipinski definition) is 6. The second-order valence-electron chi connectivity index (χ2n) is 13.0. The molecule has 34 heavy (non-hydrogen) atoms. The van der Waals surface area contributed by atoms with Gasteiger partial charge in [-0.2, -0.15) is 0 Å². The molecule has 0 N–H and O–H groups in total. The number of ether oxygens (including phenoxy) is 3. The summed E-state index contributed by atoms with van der Waals surface area (Å²) in [6.45, 7) is 27.4. The first-order chi connectivity index (χ1) is 15.4. The zero-order chi connectivity index (χ0) is 26.2. The highest BCUT2D eigenvalue weighted by molar-refractivity contribution is 6.74. The Balaban J connectivity index is 2.34. The van der Waals surface area contributed by atoms with Gasteiger partial charge in [0.15, 0.2) is 22.4 Å². The van der Waals surface area contributed by atoms with Crippen LogP contribution in [-0.2, 0) is 27.9 Å². The smallest absolute Gasteiger partial charge is 0.193 e. The van der Waals surface area contributed by atoms with Gasteiger partial charge in [0.2, 0.25) is 0 Å². The van der Waals surface area contributed by atoms with Gasteiger partial charge in [0.05, 0.1) is 18.8 Å². The molecule has 0 saturated carbocycles. The minimum atomic E-state index is -2.14. The Morgan fingerprint density at radius 1 is 1.09 bits per heavy atom. The van der Waals surface area contributed by atoms with Crippen molar-refractivity contribution in [2.45, 2.75) is 134 Å². The first-order valence-corrected chi connectivity index (χ1v) is 18.5. The van der Waals surface area contributed by atoms with Crippen LogP contribution < -0.4 is 0 Å². The van der Waals surface area contributed by atoms with Crippen molar-refractivity contribution in [1.82, 2.24) is 0 Å². The van der Waals surface area contributed by atoms with Gasteiger partial charge < -0.3 is 27.9 Å². The summed E-state index contributed by atoms with van der Waals surface area (Å²) < 4.78 is 32.5. The van der Waals surface area contributed by atoms with Gasteiger partial charge in [-0.1, -0.05) is 48.1 Å². The Labute approximate surface area is 210 Å². The number of aldehydes is 1. The van der Waals surface area contributed by atoms with Gasteiger partial charge >= 0.3 is 0 Å². The number of methoxy groups -OCH3 is 1. The van der Waals surface area contributed by atoms with E-state index in [0.717, 1.165) is 18.3 Å². The molecule has 0 spiro atoms. The highest BCUT2D eigenvalue weighted by Gasteiger charge is 2.53. The molecule has 2 aliphatic rings. The Morgan fingerprint density at radius 2 is 1.68 bits per heavy atom. The first-order valence-electron chi connectivity index (χ1n) is 12.7. The first kappa shape index (κ1) is 29.9. The van der Waals surface area contributed by atoms with Crippen LogP contribution in [-0.4, -0.2) is 66.8 Å². The molecule has 0 aromatic rings. The molecule has 0 bridgehead atoms. The SMILES string of the molecule is C=C1[C@@H](O[Si](C)(C)C(C)(C)C)[C@@H]2O[C@@](CCC=O)(OC)CC[C@H]2O[C@@H]1CO[Si](C)(C)C(C)(C)C. The summed E-state index contributed by atoms with van der Waals surface area (Å²) in [7, 11) is -2.42. The van der Waals surface area contributed by atoms with Crippen LogP contribution in [0.25, 0.3) is 0 Å². The molecule has 2 heterocycles. The quantitative estimate of drug-likeness (QED) is 0.207. The Morgan fingerprint density at radius 3 is 2.18 bits per heavy atom. The average Bonchev–Trinajstić information content (AvgIpc) is 2.71. The van der Waals surface area contributed by atoms with Crippen molar-refractivity contribution in [3.8, 4) is 0 Å². The maximum atomic E-state index is 11.1. The molecule has 0 amide bonds. The third kappa shape index (κ3) is 6.49. The lowest BCUT2D eigenvalue weighted by molar-refractivity contribution is -0.319. The van der Waals surface area contributed by atoms with E-state index in [9.17, 15) is 4.79 Å². The molecule has 6 nitrogen and oxygen atoms in total. The Hall–Kier alpha value is -0.356. The molecular weight excluding hydrogens is 464 g/mol. The fourth-order valence-electron chi connectivity index (χ4n) is 4.00. The minimum Gasteiger partial charge on any atom is -0.414 e. The maximum absolute atomic E-state index is 11.1. The van der Waals surface area contributed by atoms with E-state index in [-0.39, 0.29) is 34.5 Å². The lowest BCUT2D eigenvalue weighted by Crippen LogP contribution is -2.62. The summed E-state index contributed by atoms with van der Waals surface area (Å²) in [5.74, 6) is -0.800. The van der Waals surface area contributed by atoms with Crippen LogP contribution in [0.2, 0.25) is 36.3 Å². The van der Waals surface area contributed by atoms with E-state index in [1.54, 1.807) is 7.11 Å². The lowest BCUT2D eigenvalue weighted by Gasteiger charge is -2.53. The van der Waals surface area contributed by atoms with Crippen molar-refractivity contribution in [3.63, 3.8) is 0 Å². The molecule has 198 valence electrons. The van der Waals surface area contributed by atoms with E-state index in [0.29, 0.717) is 25.9 Å². The topological polar surface area (TPSA) is 63.2 Å². The van der Waals surface area contributed by atoms with Gasteiger partial charge in [0.25, 0.3) is 0 Å². The van der Waals surface area contributed by atoms with Crippen molar-refractivity contribution < 1.29 is 27.9 Å². The van der Waals surface area contributed by atoms with Crippen molar-refractivity contribution in [1.29, 1.82) is 0 Å². The van der Waals surface area contributed by atoms with E-state index >= 15 is 0 Å². The van der Waals surface area contributed by atoms with E-state index in [1.165, 1.54) is 0 Å².